The molecule has 0 aliphatic carbocycles. The van der Waals surface area contributed by atoms with Crippen molar-refractivity contribution in [2.45, 2.75) is 59.4 Å². The molecule has 1 fully saturated rings. The molecule has 16 heavy (non-hydrogen) atoms. The van der Waals surface area contributed by atoms with E-state index in [-0.39, 0.29) is 0 Å². The van der Waals surface area contributed by atoms with E-state index in [2.05, 4.69) is 37.9 Å². The first-order chi connectivity index (χ1) is 7.53. The van der Waals surface area contributed by atoms with Crippen molar-refractivity contribution >= 4 is 0 Å². The zero-order valence-corrected chi connectivity index (χ0v) is 11.7. The second kappa shape index (κ2) is 6.61. The third-order valence-corrected chi connectivity index (χ3v) is 3.83. The summed E-state index contributed by atoms with van der Waals surface area (Å²) in [6.45, 7) is 14.4. The molecule has 0 aromatic rings. The summed E-state index contributed by atoms with van der Waals surface area (Å²) < 4.78 is 0. The largest absolute Gasteiger partial charge is 0.314 e. The Morgan fingerprint density at radius 1 is 1.25 bits per heavy atom. The van der Waals surface area contributed by atoms with Crippen LogP contribution in [0.15, 0.2) is 0 Å². The molecule has 0 bridgehead atoms. The molecule has 1 heterocycles. The topological polar surface area (TPSA) is 15.3 Å². The van der Waals surface area contributed by atoms with Crippen LogP contribution in [0.4, 0.5) is 0 Å². The van der Waals surface area contributed by atoms with Gasteiger partial charge in [-0.05, 0) is 64.2 Å². The van der Waals surface area contributed by atoms with Crippen LogP contribution in [0, 0.1) is 5.41 Å². The van der Waals surface area contributed by atoms with Crippen LogP contribution in [-0.2, 0) is 0 Å². The number of nitrogens with zero attached hydrogens (tertiary/aromatic N) is 1. The lowest BCUT2D eigenvalue weighted by atomic mass is 9.82. The first kappa shape index (κ1) is 14.0. The average Bonchev–Trinajstić information content (AvgIpc) is 2.25. The Bertz CT molecular complexity index is 179. The predicted molar refractivity (Wildman–Crippen MR) is 71.8 cm³/mol. The van der Waals surface area contributed by atoms with Gasteiger partial charge in [0.25, 0.3) is 0 Å². The van der Waals surface area contributed by atoms with Crippen LogP contribution in [0.1, 0.15) is 53.4 Å². The summed E-state index contributed by atoms with van der Waals surface area (Å²) in [4.78, 5) is 2.63. The molecular weight excluding hydrogens is 196 g/mol. The fraction of sp³-hybridized carbons (Fsp3) is 1.00. The molecule has 0 amide bonds. The van der Waals surface area contributed by atoms with Crippen LogP contribution in [0.2, 0.25) is 0 Å². The summed E-state index contributed by atoms with van der Waals surface area (Å²) >= 11 is 0. The Kier molecular flexibility index (Phi) is 5.77. The van der Waals surface area contributed by atoms with Crippen molar-refractivity contribution in [3.8, 4) is 0 Å². The molecule has 1 aliphatic heterocycles. The van der Waals surface area contributed by atoms with Crippen molar-refractivity contribution in [1.82, 2.24) is 10.2 Å². The third-order valence-electron chi connectivity index (χ3n) is 3.83. The van der Waals surface area contributed by atoms with E-state index >= 15 is 0 Å². The van der Waals surface area contributed by atoms with E-state index in [1.807, 2.05) is 0 Å². The highest BCUT2D eigenvalue weighted by atomic mass is 15.1. The van der Waals surface area contributed by atoms with E-state index in [9.17, 15) is 0 Å². The monoisotopic (exact) mass is 226 g/mol. The highest BCUT2D eigenvalue weighted by molar-refractivity contribution is 4.79. The van der Waals surface area contributed by atoms with E-state index in [0.29, 0.717) is 11.5 Å². The lowest BCUT2D eigenvalue weighted by molar-refractivity contribution is 0.129. The average molecular weight is 226 g/mol. The number of piperidine rings is 1. The zero-order chi connectivity index (χ0) is 12.0. The molecule has 2 nitrogen and oxygen atoms in total. The van der Waals surface area contributed by atoms with Crippen molar-refractivity contribution in [1.29, 1.82) is 0 Å². The molecule has 1 N–H and O–H groups in total. The Hall–Kier alpha value is -0.0800. The van der Waals surface area contributed by atoms with E-state index in [4.69, 9.17) is 0 Å². The van der Waals surface area contributed by atoms with Gasteiger partial charge in [0.15, 0.2) is 0 Å². The van der Waals surface area contributed by atoms with Gasteiger partial charge < -0.3 is 10.2 Å². The van der Waals surface area contributed by atoms with Crippen LogP contribution in [0.5, 0.6) is 0 Å². The van der Waals surface area contributed by atoms with Crippen LogP contribution in [0.25, 0.3) is 0 Å². The highest BCUT2D eigenvalue weighted by Gasteiger charge is 2.24. The van der Waals surface area contributed by atoms with Crippen LogP contribution >= 0.6 is 0 Å². The van der Waals surface area contributed by atoms with Gasteiger partial charge in [0, 0.05) is 6.04 Å². The van der Waals surface area contributed by atoms with Gasteiger partial charge in [0.05, 0.1) is 0 Å². The van der Waals surface area contributed by atoms with Crippen molar-refractivity contribution in [2.24, 2.45) is 5.41 Å². The molecule has 1 aliphatic rings. The summed E-state index contributed by atoms with van der Waals surface area (Å²) in [5.41, 5.74) is 0.586. The summed E-state index contributed by atoms with van der Waals surface area (Å²) in [6, 6.07) is 0.676. The minimum atomic E-state index is 0.586. The number of hydrogen-bond acceptors (Lipinski definition) is 2. The Balaban J connectivity index is 2.10. The first-order valence-corrected chi connectivity index (χ1v) is 6.99. The van der Waals surface area contributed by atoms with Gasteiger partial charge in [-0.1, -0.05) is 20.8 Å². The van der Waals surface area contributed by atoms with Crippen molar-refractivity contribution < 1.29 is 0 Å². The van der Waals surface area contributed by atoms with Gasteiger partial charge in [-0.2, -0.15) is 0 Å². The Labute approximate surface area is 102 Å². The first-order valence-electron chi connectivity index (χ1n) is 6.99. The lowest BCUT2D eigenvalue weighted by Gasteiger charge is -2.37. The minimum Gasteiger partial charge on any atom is -0.314 e. The molecule has 0 aromatic carbocycles. The zero-order valence-electron chi connectivity index (χ0n) is 11.7. The third kappa shape index (κ3) is 5.31. The Morgan fingerprint density at radius 3 is 2.44 bits per heavy atom. The molecule has 1 atom stereocenters. The fourth-order valence-corrected chi connectivity index (χ4v) is 2.25. The number of hydrogen-bond donors (Lipinski definition) is 1. The van der Waals surface area contributed by atoms with Crippen LogP contribution in [-0.4, -0.2) is 37.1 Å². The molecular formula is C14H30N2. The van der Waals surface area contributed by atoms with E-state index < -0.39 is 0 Å². The molecule has 0 aromatic heterocycles. The number of nitrogens with one attached hydrogen (secondary N) is 1. The van der Waals surface area contributed by atoms with Gasteiger partial charge in [-0.15, -0.1) is 0 Å². The van der Waals surface area contributed by atoms with Gasteiger partial charge in [-0.3, -0.25) is 0 Å². The van der Waals surface area contributed by atoms with Crippen molar-refractivity contribution in [3.63, 3.8) is 0 Å². The molecule has 2 heteroatoms. The van der Waals surface area contributed by atoms with Gasteiger partial charge in [-0.25, -0.2) is 0 Å². The van der Waals surface area contributed by atoms with Crippen molar-refractivity contribution in [2.75, 3.05) is 26.2 Å². The standard InChI is InChI=1S/C14H30N2/c1-5-9-15-13(2)6-10-16-11-7-14(3,4)8-12-16/h13,15H,5-12H2,1-4H3. The normalized spacial score (nSPS) is 23.2. The Morgan fingerprint density at radius 2 is 1.88 bits per heavy atom. The maximum atomic E-state index is 3.56. The molecule has 0 radical (unpaired) electrons. The second-order valence-corrected chi connectivity index (χ2v) is 6.15. The molecule has 1 rings (SSSR count). The van der Waals surface area contributed by atoms with E-state index in [1.165, 1.54) is 45.3 Å². The molecule has 0 saturated carbocycles. The number of likely N-dealkylation sites (tertiary alicyclic amines) is 1. The van der Waals surface area contributed by atoms with Gasteiger partial charge in [0.2, 0.25) is 0 Å². The quantitative estimate of drug-likeness (QED) is 0.749. The van der Waals surface area contributed by atoms with Crippen molar-refractivity contribution in [3.05, 3.63) is 0 Å². The molecule has 1 unspecified atom stereocenters. The smallest absolute Gasteiger partial charge is 0.00508 e. The van der Waals surface area contributed by atoms with Crippen LogP contribution < -0.4 is 5.32 Å². The SMILES string of the molecule is CCCNC(C)CCN1CCC(C)(C)CC1. The second-order valence-electron chi connectivity index (χ2n) is 6.15. The lowest BCUT2D eigenvalue weighted by Crippen LogP contribution is -2.40. The predicted octanol–water partition coefficient (Wildman–Crippen LogP) is 2.89. The fourth-order valence-electron chi connectivity index (χ4n) is 2.25. The highest BCUT2D eigenvalue weighted by Crippen LogP contribution is 2.29. The summed E-state index contributed by atoms with van der Waals surface area (Å²) in [6.07, 6.45) is 5.26. The number of rotatable bonds is 6. The maximum Gasteiger partial charge on any atom is 0.00508 e. The van der Waals surface area contributed by atoms with E-state index in [0.717, 1.165) is 6.54 Å². The summed E-state index contributed by atoms with van der Waals surface area (Å²) in [5, 5.41) is 3.56. The summed E-state index contributed by atoms with van der Waals surface area (Å²) in [5.74, 6) is 0. The van der Waals surface area contributed by atoms with Gasteiger partial charge in [0.1, 0.15) is 0 Å². The molecule has 0 spiro atoms. The van der Waals surface area contributed by atoms with Crippen LogP contribution in [0.3, 0.4) is 0 Å². The molecule has 1 saturated heterocycles. The summed E-state index contributed by atoms with van der Waals surface area (Å²) in [7, 11) is 0. The molecule has 96 valence electrons. The minimum absolute atomic E-state index is 0.586. The van der Waals surface area contributed by atoms with Gasteiger partial charge >= 0.3 is 0 Å². The van der Waals surface area contributed by atoms with E-state index in [1.54, 1.807) is 0 Å². The maximum absolute atomic E-state index is 3.56.